The average molecular weight is 280 g/mol. The van der Waals surface area contributed by atoms with Crippen molar-refractivity contribution < 1.29 is 10.2 Å². The Hall–Kier alpha value is -0.480. The molecule has 0 aromatic heterocycles. The fraction of sp³-hybridized carbons (Fsp3) is 0.500. The molecule has 2 atom stereocenters. The first kappa shape index (κ1) is 16.5. The Bertz CT molecular complexity index is 377. The van der Waals surface area contributed by atoms with E-state index in [-0.39, 0.29) is 28.6 Å². The van der Waals surface area contributed by atoms with Gasteiger partial charge in [0.1, 0.15) is 5.75 Å². The molecule has 0 unspecified atom stereocenters. The van der Waals surface area contributed by atoms with E-state index in [0.717, 1.165) is 0 Å². The quantitative estimate of drug-likeness (QED) is 0.780. The van der Waals surface area contributed by atoms with Crippen LogP contribution in [0.3, 0.4) is 0 Å². The molecule has 0 aliphatic rings. The summed E-state index contributed by atoms with van der Waals surface area (Å²) in [5.74, 6) is 0.0165. The Kier molecular flexibility index (Phi) is 5.75. The van der Waals surface area contributed by atoms with Crippen molar-refractivity contribution in [1.82, 2.24) is 0 Å². The van der Waals surface area contributed by atoms with Crippen molar-refractivity contribution in [1.29, 1.82) is 0 Å². The van der Waals surface area contributed by atoms with Gasteiger partial charge in [0.05, 0.1) is 17.2 Å². The molecular weight excluding hydrogens is 261 g/mol. The van der Waals surface area contributed by atoms with Crippen LogP contribution in [0.4, 0.5) is 0 Å². The minimum absolute atomic E-state index is 0. The van der Waals surface area contributed by atoms with E-state index in [1.807, 2.05) is 20.8 Å². The summed E-state index contributed by atoms with van der Waals surface area (Å²) in [4.78, 5) is 0. The highest BCUT2D eigenvalue weighted by atomic mass is 35.5. The number of benzene rings is 1. The Morgan fingerprint density at radius 3 is 2.24 bits per heavy atom. The minimum atomic E-state index is -0.673. The largest absolute Gasteiger partial charge is 0.506 e. The summed E-state index contributed by atoms with van der Waals surface area (Å²) in [5.41, 5.74) is 6.36. The van der Waals surface area contributed by atoms with Gasteiger partial charge in [0.2, 0.25) is 0 Å². The van der Waals surface area contributed by atoms with Gasteiger partial charge in [-0.05, 0) is 23.1 Å². The van der Waals surface area contributed by atoms with Crippen LogP contribution in [0, 0.1) is 5.41 Å². The van der Waals surface area contributed by atoms with Crippen LogP contribution >= 0.6 is 24.0 Å². The predicted octanol–water partition coefficient (Wildman–Crippen LogP) is 2.87. The number of aliphatic hydroxyl groups excluding tert-OH is 1. The summed E-state index contributed by atoms with van der Waals surface area (Å²) in [5, 5.41) is 19.6. The molecule has 0 amide bonds. The van der Waals surface area contributed by atoms with Gasteiger partial charge in [0.25, 0.3) is 0 Å². The van der Waals surface area contributed by atoms with Crippen molar-refractivity contribution in [3.63, 3.8) is 0 Å². The van der Waals surface area contributed by atoms with E-state index in [1.165, 1.54) is 6.07 Å². The van der Waals surface area contributed by atoms with Crippen molar-refractivity contribution in [3.05, 3.63) is 28.8 Å². The van der Waals surface area contributed by atoms with E-state index in [2.05, 4.69) is 0 Å². The van der Waals surface area contributed by atoms with Crippen LogP contribution in [-0.2, 0) is 0 Å². The number of aromatic hydroxyl groups is 1. The summed E-state index contributed by atoms with van der Waals surface area (Å²) in [6.07, 6.45) is -0.673. The van der Waals surface area contributed by atoms with E-state index in [0.29, 0.717) is 5.56 Å². The van der Waals surface area contributed by atoms with Crippen LogP contribution in [0.1, 0.15) is 32.4 Å². The van der Waals surface area contributed by atoms with Gasteiger partial charge in [0, 0.05) is 0 Å². The van der Waals surface area contributed by atoms with Crippen LogP contribution in [0.15, 0.2) is 18.2 Å². The lowest BCUT2D eigenvalue weighted by molar-refractivity contribution is 0.0401. The van der Waals surface area contributed by atoms with E-state index >= 15 is 0 Å². The van der Waals surface area contributed by atoms with E-state index in [1.54, 1.807) is 12.1 Å². The fourth-order valence-corrected chi connectivity index (χ4v) is 1.64. The number of halogens is 2. The second kappa shape index (κ2) is 5.91. The summed E-state index contributed by atoms with van der Waals surface area (Å²) < 4.78 is 0. The van der Waals surface area contributed by atoms with E-state index < -0.39 is 12.1 Å². The molecule has 4 N–H and O–H groups in total. The Labute approximate surface area is 113 Å². The standard InChI is InChI=1S/C12H18ClNO2.ClH/c1-12(2,3)11(16)10(14)7-4-5-9(15)8(13)6-7;/h4-6,10-11,15-16H,14H2,1-3H3;1H/t10-,11-;/m0./s1. The molecule has 0 heterocycles. The molecule has 0 fully saturated rings. The molecule has 0 aliphatic carbocycles. The van der Waals surface area contributed by atoms with Gasteiger partial charge in [-0.25, -0.2) is 0 Å². The zero-order chi connectivity index (χ0) is 12.5. The lowest BCUT2D eigenvalue weighted by atomic mass is 9.82. The molecule has 0 saturated carbocycles. The van der Waals surface area contributed by atoms with Crippen LogP contribution in [0.2, 0.25) is 5.02 Å². The number of rotatable bonds is 2. The topological polar surface area (TPSA) is 66.5 Å². The number of nitrogens with two attached hydrogens (primary N) is 1. The third-order valence-electron chi connectivity index (χ3n) is 2.58. The van der Waals surface area contributed by atoms with Gasteiger partial charge in [-0.1, -0.05) is 38.4 Å². The number of hydrogen-bond acceptors (Lipinski definition) is 3. The molecule has 1 rings (SSSR count). The first-order valence-electron chi connectivity index (χ1n) is 5.15. The zero-order valence-electron chi connectivity index (χ0n) is 10.1. The normalized spacial score (nSPS) is 14.9. The summed E-state index contributed by atoms with van der Waals surface area (Å²) in [7, 11) is 0. The van der Waals surface area contributed by atoms with Gasteiger partial charge < -0.3 is 15.9 Å². The molecule has 3 nitrogen and oxygen atoms in total. The molecule has 5 heteroatoms. The van der Waals surface area contributed by atoms with Crippen molar-refractivity contribution in [3.8, 4) is 5.75 Å². The zero-order valence-corrected chi connectivity index (χ0v) is 11.7. The number of aliphatic hydroxyl groups is 1. The lowest BCUT2D eigenvalue weighted by Crippen LogP contribution is -2.36. The van der Waals surface area contributed by atoms with Gasteiger partial charge in [-0.3, -0.25) is 0 Å². The molecule has 0 saturated heterocycles. The number of phenolic OH excluding ortho intramolecular Hbond substituents is 1. The second-order valence-corrected chi connectivity index (χ2v) is 5.45. The Morgan fingerprint density at radius 1 is 1.29 bits per heavy atom. The molecule has 0 bridgehead atoms. The molecule has 0 aliphatic heterocycles. The predicted molar refractivity (Wildman–Crippen MR) is 72.8 cm³/mol. The van der Waals surface area contributed by atoms with Gasteiger partial charge >= 0.3 is 0 Å². The van der Waals surface area contributed by atoms with Crippen molar-refractivity contribution in [2.75, 3.05) is 0 Å². The maximum atomic E-state index is 10.0. The molecule has 0 radical (unpaired) electrons. The summed E-state index contributed by atoms with van der Waals surface area (Å²) in [6.45, 7) is 5.75. The molecule has 17 heavy (non-hydrogen) atoms. The maximum absolute atomic E-state index is 10.0. The van der Waals surface area contributed by atoms with Gasteiger partial charge in [-0.2, -0.15) is 0 Å². The number of phenols is 1. The first-order chi connectivity index (χ1) is 7.23. The second-order valence-electron chi connectivity index (χ2n) is 5.05. The van der Waals surface area contributed by atoms with Crippen LogP contribution in [0.5, 0.6) is 5.75 Å². The monoisotopic (exact) mass is 279 g/mol. The summed E-state index contributed by atoms with van der Waals surface area (Å²) >= 11 is 5.79. The highest BCUT2D eigenvalue weighted by molar-refractivity contribution is 6.32. The Balaban J connectivity index is 0.00000256. The van der Waals surface area contributed by atoms with Crippen LogP contribution < -0.4 is 5.73 Å². The smallest absolute Gasteiger partial charge is 0.134 e. The van der Waals surface area contributed by atoms with Crippen molar-refractivity contribution in [2.24, 2.45) is 11.1 Å². The highest BCUT2D eigenvalue weighted by Gasteiger charge is 2.29. The molecular formula is C12H19Cl2NO2. The molecule has 98 valence electrons. The van der Waals surface area contributed by atoms with Crippen LogP contribution in [-0.4, -0.2) is 16.3 Å². The Morgan fingerprint density at radius 2 is 1.82 bits per heavy atom. The third kappa shape index (κ3) is 4.03. The molecule has 1 aromatic carbocycles. The van der Waals surface area contributed by atoms with Gasteiger partial charge in [0.15, 0.2) is 0 Å². The lowest BCUT2D eigenvalue weighted by Gasteiger charge is -2.31. The minimum Gasteiger partial charge on any atom is -0.506 e. The maximum Gasteiger partial charge on any atom is 0.134 e. The molecule has 0 spiro atoms. The summed E-state index contributed by atoms with van der Waals surface area (Å²) in [6, 6.07) is 4.21. The number of hydrogen-bond donors (Lipinski definition) is 3. The van der Waals surface area contributed by atoms with Crippen LogP contribution in [0.25, 0.3) is 0 Å². The first-order valence-corrected chi connectivity index (χ1v) is 5.53. The SMILES string of the molecule is CC(C)(C)[C@@H](O)[C@@H](N)c1ccc(O)c(Cl)c1.Cl. The van der Waals surface area contributed by atoms with Crippen molar-refractivity contribution in [2.45, 2.75) is 32.9 Å². The molecule has 1 aromatic rings. The average Bonchev–Trinajstić information content (AvgIpc) is 2.18. The van der Waals surface area contributed by atoms with E-state index in [9.17, 15) is 10.2 Å². The van der Waals surface area contributed by atoms with Gasteiger partial charge in [-0.15, -0.1) is 12.4 Å². The highest BCUT2D eigenvalue weighted by Crippen LogP contribution is 2.31. The van der Waals surface area contributed by atoms with E-state index in [4.69, 9.17) is 17.3 Å². The third-order valence-corrected chi connectivity index (χ3v) is 2.89. The van der Waals surface area contributed by atoms with Crippen molar-refractivity contribution >= 4 is 24.0 Å². The fourth-order valence-electron chi connectivity index (χ4n) is 1.45.